The molecule has 2 aromatic rings. The van der Waals surface area contributed by atoms with E-state index < -0.39 is 0 Å². The monoisotopic (exact) mass is 293 g/mol. The van der Waals surface area contributed by atoms with Crippen LogP contribution >= 0.6 is 11.3 Å². The van der Waals surface area contributed by atoms with E-state index >= 15 is 0 Å². The highest BCUT2D eigenvalue weighted by atomic mass is 32.1. The van der Waals surface area contributed by atoms with Gasteiger partial charge in [-0.05, 0) is 44.3 Å². The zero-order valence-electron chi connectivity index (χ0n) is 12.8. The van der Waals surface area contributed by atoms with E-state index in [-0.39, 0.29) is 6.04 Å². The summed E-state index contributed by atoms with van der Waals surface area (Å²) >= 11 is 1.78. The standard InChI is InChI=1S/C15H23N3OS/c1-6-16-13(15-11(4)7-8-20-15)14-12(19-5)9-17-18(14)10(2)3/h7-10,13,16H,6H2,1-5H3. The SMILES string of the molecule is CCNC(c1sccc1C)c1c(OC)cnn1C(C)C. The van der Waals surface area contributed by atoms with E-state index in [1.54, 1.807) is 18.4 Å². The highest BCUT2D eigenvalue weighted by Crippen LogP contribution is 2.35. The molecule has 0 saturated heterocycles. The van der Waals surface area contributed by atoms with Gasteiger partial charge in [0.1, 0.15) is 5.69 Å². The average molecular weight is 293 g/mol. The van der Waals surface area contributed by atoms with Crippen LogP contribution in [0.25, 0.3) is 0 Å². The van der Waals surface area contributed by atoms with Crippen molar-refractivity contribution in [3.63, 3.8) is 0 Å². The zero-order chi connectivity index (χ0) is 14.7. The Balaban J connectivity index is 2.54. The molecule has 2 heterocycles. The minimum absolute atomic E-state index is 0.125. The van der Waals surface area contributed by atoms with Gasteiger partial charge in [0.15, 0.2) is 5.75 Å². The molecule has 0 saturated carbocycles. The van der Waals surface area contributed by atoms with Crippen LogP contribution in [0.1, 0.15) is 49.0 Å². The first-order valence-electron chi connectivity index (χ1n) is 6.98. The normalized spacial score (nSPS) is 12.9. The predicted octanol–water partition coefficient (Wildman–Crippen LogP) is 3.54. The van der Waals surface area contributed by atoms with Crippen LogP contribution in [0.15, 0.2) is 17.6 Å². The molecule has 2 rings (SSSR count). The topological polar surface area (TPSA) is 39.1 Å². The van der Waals surface area contributed by atoms with Crippen molar-refractivity contribution >= 4 is 11.3 Å². The number of ether oxygens (including phenoxy) is 1. The van der Waals surface area contributed by atoms with Gasteiger partial charge < -0.3 is 10.1 Å². The average Bonchev–Trinajstić information content (AvgIpc) is 3.02. The lowest BCUT2D eigenvalue weighted by molar-refractivity contribution is 0.395. The van der Waals surface area contributed by atoms with Crippen LogP contribution in [0.3, 0.4) is 0 Å². The minimum atomic E-state index is 0.125. The molecule has 4 nitrogen and oxygen atoms in total. The Kier molecular flexibility index (Phi) is 4.83. The second kappa shape index (κ2) is 6.41. The fraction of sp³-hybridized carbons (Fsp3) is 0.533. The van der Waals surface area contributed by atoms with E-state index in [0.29, 0.717) is 6.04 Å². The molecule has 0 spiro atoms. The maximum atomic E-state index is 5.52. The molecule has 2 aromatic heterocycles. The van der Waals surface area contributed by atoms with Crippen molar-refractivity contribution in [2.24, 2.45) is 0 Å². The van der Waals surface area contributed by atoms with Gasteiger partial charge in [0.05, 0.1) is 19.3 Å². The number of nitrogens with zero attached hydrogens (tertiary/aromatic N) is 2. The first kappa shape index (κ1) is 15.1. The summed E-state index contributed by atoms with van der Waals surface area (Å²) in [6.45, 7) is 9.45. The van der Waals surface area contributed by atoms with E-state index in [1.165, 1.54) is 10.4 Å². The van der Waals surface area contributed by atoms with Crippen molar-refractivity contribution in [3.8, 4) is 5.75 Å². The Bertz CT molecular complexity index is 559. The molecule has 0 bridgehead atoms. The third-order valence-electron chi connectivity index (χ3n) is 3.35. The van der Waals surface area contributed by atoms with Crippen LogP contribution in [-0.2, 0) is 0 Å². The van der Waals surface area contributed by atoms with E-state index in [2.05, 4.69) is 49.6 Å². The molecule has 20 heavy (non-hydrogen) atoms. The summed E-state index contributed by atoms with van der Waals surface area (Å²) in [6, 6.07) is 2.59. The van der Waals surface area contributed by atoms with Gasteiger partial charge in [-0.3, -0.25) is 4.68 Å². The van der Waals surface area contributed by atoms with Crippen molar-refractivity contribution in [1.82, 2.24) is 15.1 Å². The number of aryl methyl sites for hydroxylation is 1. The molecule has 0 radical (unpaired) electrons. The van der Waals surface area contributed by atoms with Crippen LogP contribution in [-0.4, -0.2) is 23.4 Å². The molecule has 0 aliphatic rings. The lowest BCUT2D eigenvalue weighted by Crippen LogP contribution is -2.25. The van der Waals surface area contributed by atoms with E-state index in [9.17, 15) is 0 Å². The van der Waals surface area contributed by atoms with Crippen LogP contribution in [0.4, 0.5) is 0 Å². The fourth-order valence-corrected chi connectivity index (χ4v) is 3.40. The number of thiophene rings is 1. The number of hydrogen-bond donors (Lipinski definition) is 1. The largest absolute Gasteiger partial charge is 0.493 e. The molecule has 1 atom stereocenters. The second-order valence-corrected chi connectivity index (χ2v) is 6.04. The number of methoxy groups -OCH3 is 1. The first-order valence-corrected chi connectivity index (χ1v) is 7.86. The minimum Gasteiger partial charge on any atom is -0.493 e. The maximum absolute atomic E-state index is 5.52. The molecule has 0 aliphatic carbocycles. The first-order chi connectivity index (χ1) is 9.60. The summed E-state index contributed by atoms with van der Waals surface area (Å²) in [5.74, 6) is 0.845. The van der Waals surface area contributed by atoms with E-state index in [0.717, 1.165) is 18.0 Å². The van der Waals surface area contributed by atoms with Gasteiger partial charge in [-0.15, -0.1) is 11.3 Å². The molecule has 5 heteroatoms. The van der Waals surface area contributed by atoms with Crippen LogP contribution in [0.5, 0.6) is 5.75 Å². The lowest BCUT2D eigenvalue weighted by atomic mass is 10.1. The molecular formula is C15H23N3OS. The molecule has 0 aromatic carbocycles. The van der Waals surface area contributed by atoms with Gasteiger partial charge in [0, 0.05) is 10.9 Å². The van der Waals surface area contributed by atoms with Gasteiger partial charge in [-0.1, -0.05) is 6.92 Å². The molecule has 0 amide bonds. The maximum Gasteiger partial charge on any atom is 0.161 e. The Morgan fingerprint density at radius 2 is 2.20 bits per heavy atom. The Hall–Kier alpha value is -1.33. The van der Waals surface area contributed by atoms with Gasteiger partial charge >= 0.3 is 0 Å². The molecule has 1 unspecified atom stereocenters. The van der Waals surface area contributed by atoms with Gasteiger partial charge in [-0.2, -0.15) is 5.10 Å². The van der Waals surface area contributed by atoms with Gasteiger partial charge in [-0.25, -0.2) is 0 Å². The van der Waals surface area contributed by atoms with Crippen molar-refractivity contribution in [2.45, 2.75) is 39.8 Å². The summed E-state index contributed by atoms with van der Waals surface area (Å²) in [7, 11) is 1.70. The Morgan fingerprint density at radius 3 is 2.70 bits per heavy atom. The smallest absolute Gasteiger partial charge is 0.161 e. The van der Waals surface area contributed by atoms with Gasteiger partial charge in [0.25, 0.3) is 0 Å². The molecule has 0 fully saturated rings. The molecule has 110 valence electrons. The number of rotatable bonds is 6. The highest BCUT2D eigenvalue weighted by molar-refractivity contribution is 7.10. The quantitative estimate of drug-likeness (QED) is 0.885. The number of aromatic nitrogens is 2. The third-order valence-corrected chi connectivity index (χ3v) is 4.44. The highest BCUT2D eigenvalue weighted by Gasteiger charge is 2.26. The van der Waals surface area contributed by atoms with Crippen LogP contribution in [0, 0.1) is 6.92 Å². The summed E-state index contributed by atoms with van der Waals surface area (Å²) in [6.07, 6.45) is 1.81. The van der Waals surface area contributed by atoms with E-state index in [1.807, 2.05) is 10.9 Å². The Labute approximate surface area is 124 Å². The predicted molar refractivity (Wildman–Crippen MR) is 83.7 cm³/mol. The van der Waals surface area contributed by atoms with Crippen molar-refractivity contribution in [1.29, 1.82) is 0 Å². The second-order valence-electron chi connectivity index (χ2n) is 5.10. The van der Waals surface area contributed by atoms with E-state index in [4.69, 9.17) is 4.74 Å². The van der Waals surface area contributed by atoms with Crippen molar-refractivity contribution in [2.75, 3.05) is 13.7 Å². The van der Waals surface area contributed by atoms with Gasteiger partial charge in [0.2, 0.25) is 0 Å². The summed E-state index contributed by atoms with van der Waals surface area (Å²) in [4.78, 5) is 1.33. The summed E-state index contributed by atoms with van der Waals surface area (Å²) < 4.78 is 7.57. The number of nitrogens with one attached hydrogen (secondary N) is 1. The van der Waals surface area contributed by atoms with Crippen molar-refractivity contribution in [3.05, 3.63) is 33.8 Å². The molecule has 1 N–H and O–H groups in total. The van der Waals surface area contributed by atoms with Crippen molar-refractivity contribution < 1.29 is 4.74 Å². The third kappa shape index (κ3) is 2.74. The summed E-state index contributed by atoms with van der Waals surface area (Å²) in [5, 5.41) is 10.2. The lowest BCUT2D eigenvalue weighted by Gasteiger charge is -2.22. The molecular weight excluding hydrogens is 270 g/mol. The molecule has 0 aliphatic heterocycles. The number of hydrogen-bond acceptors (Lipinski definition) is 4. The summed E-state index contributed by atoms with van der Waals surface area (Å²) in [5.41, 5.74) is 2.41. The fourth-order valence-electron chi connectivity index (χ4n) is 2.40. The zero-order valence-corrected chi connectivity index (χ0v) is 13.6. The van der Waals surface area contributed by atoms with Crippen LogP contribution in [0.2, 0.25) is 0 Å². The van der Waals surface area contributed by atoms with Crippen LogP contribution < -0.4 is 10.1 Å². The Morgan fingerprint density at radius 1 is 1.45 bits per heavy atom.